The normalized spacial score (nSPS) is 12.6. The molecule has 0 saturated heterocycles. The van der Waals surface area contributed by atoms with Gasteiger partial charge < -0.3 is 4.74 Å². The van der Waals surface area contributed by atoms with Crippen molar-refractivity contribution in [2.75, 3.05) is 19.8 Å². The zero-order valence-electron chi connectivity index (χ0n) is 11.1. The van der Waals surface area contributed by atoms with Crippen molar-refractivity contribution in [3.8, 4) is 0 Å². The van der Waals surface area contributed by atoms with Gasteiger partial charge >= 0.3 is 0 Å². The van der Waals surface area contributed by atoms with Gasteiger partial charge in [0.05, 0.1) is 6.61 Å². The first-order valence-electron chi connectivity index (χ1n) is 5.96. The summed E-state index contributed by atoms with van der Waals surface area (Å²) in [6.45, 7) is 17.7. The van der Waals surface area contributed by atoms with Gasteiger partial charge in [0.15, 0.2) is 0 Å². The van der Waals surface area contributed by atoms with Gasteiger partial charge in [-0.2, -0.15) is 0 Å². The Morgan fingerprint density at radius 2 is 1.57 bits per heavy atom. The van der Waals surface area contributed by atoms with Crippen molar-refractivity contribution in [2.45, 2.75) is 60.5 Å². The van der Waals surface area contributed by atoms with Crippen molar-refractivity contribution in [1.29, 1.82) is 0 Å². The van der Waals surface area contributed by atoms with Gasteiger partial charge in [-0.1, -0.05) is 20.8 Å². The highest BCUT2D eigenvalue weighted by Gasteiger charge is 2.14. The van der Waals surface area contributed by atoms with Crippen LogP contribution in [-0.4, -0.2) is 36.7 Å². The Kier molecular flexibility index (Phi) is 12.8. The molecule has 0 N–H and O–H groups in total. The Hall–Kier alpha value is -0.0800. The van der Waals surface area contributed by atoms with E-state index >= 15 is 0 Å². The molecule has 0 unspecified atom stereocenters. The average molecular weight is 203 g/mol. The number of likely N-dealkylation sites (N-methyl/N-ethyl adjacent to an activating group) is 1. The van der Waals surface area contributed by atoms with Crippen LogP contribution in [-0.2, 0) is 4.74 Å². The third-order valence-electron chi connectivity index (χ3n) is 2.16. The molecule has 0 fully saturated rings. The summed E-state index contributed by atoms with van der Waals surface area (Å²) >= 11 is 0. The van der Waals surface area contributed by atoms with Crippen molar-refractivity contribution in [2.24, 2.45) is 0 Å². The van der Waals surface area contributed by atoms with E-state index < -0.39 is 0 Å². The van der Waals surface area contributed by atoms with Gasteiger partial charge in [-0.15, -0.1) is 0 Å². The van der Waals surface area contributed by atoms with E-state index in [9.17, 15) is 0 Å². The number of rotatable bonds is 6. The lowest BCUT2D eigenvalue weighted by atomic mass is 10.2. The Balaban J connectivity index is 0. The molecule has 0 spiro atoms. The van der Waals surface area contributed by atoms with Crippen molar-refractivity contribution in [1.82, 2.24) is 4.90 Å². The summed E-state index contributed by atoms with van der Waals surface area (Å²) in [5, 5.41) is 0. The van der Waals surface area contributed by atoms with E-state index in [0.717, 1.165) is 19.8 Å². The van der Waals surface area contributed by atoms with E-state index in [1.165, 1.54) is 0 Å². The summed E-state index contributed by atoms with van der Waals surface area (Å²) in [4.78, 5) is 2.44. The minimum Gasteiger partial charge on any atom is -0.380 e. The van der Waals surface area contributed by atoms with Crippen molar-refractivity contribution >= 4 is 0 Å². The molecule has 0 radical (unpaired) electrons. The van der Waals surface area contributed by atoms with Crippen LogP contribution in [0.5, 0.6) is 0 Å². The van der Waals surface area contributed by atoms with Crippen molar-refractivity contribution in [3.05, 3.63) is 0 Å². The van der Waals surface area contributed by atoms with E-state index in [1.54, 1.807) is 0 Å². The summed E-state index contributed by atoms with van der Waals surface area (Å²) in [6, 6.07) is 1.15. The zero-order valence-corrected chi connectivity index (χ0v) is 11.1. The average Bonchev–Trinajstić information content (AvgIpc) is 2.18. The largest absolute Gasteiger partial charge is 0.380 e. The summed E-state index contributed by atoms with van der Waals surface area (Å²) in [6.07, 6.45) is 0. The summed E-state index contributed by atoms with van der Waals surface area (Å²) in [7, 11) is 0. The van der Waals surface area contributed by atoms with Crippen LogP contribution in [0.25, 0.3) is 0 Å². The van der Waals surface area contributed by atoms with Crippen LogP contribution in [0.1, 0.15) is 48.5 Å². The quantitative estimate of drug-likeness (QED) is 0.657. The van der Waals surface area contributed by atoms with Crippen molar-refractivity contribution < 1.29 is 4.74 Å². The molecule has 0 bridgehead atoms. The molecule has 0 aliphatic rings. The molecule has 2 nitrogen and oxygen atoms in total. The molecule has 0 aromatic heterocycles. The van der Waals surface area contributed by atoms with E-state index in [0.29, 0.717) is 12.1 Å². The molecular weight excluding hydrogens is 174 g/mol. The minimum atomic E-state index is 0.537. The molecule has 1 atom stereocenters. The number of hydrogen-bond donors (Lipinski definition) is 0. The molecule has 0 aliphatic carbocycles. The highest BCUT2D eigenvalue weighted by atomic mass is 16.5. The summed E-state index contributed by atoms with van der Waals surface area (Å²) < 4.78 is 5.39. The zero-order chi connectivity index (χ0) is 11.6. The molecule has 0 aromatic carbocycles. The second kappa shape index (κ2) is 11.0. The third kappa shape index (κ3) is 7.34. The van der Waals surface area contributed by atoms with Gasteiger partial charge in [0.25, 0.3) is 0 Å². The second-order valence-corrected chi connectivity index (χ2v) is 3.43. The number of nitrogens with zero attached hydrogens (tertiary/aromatic N) is 1. The van der Waals surface area contributed by atoms with Gasteiger partial charge in [0.2, 0.25) is 0 Å². The molecule has 88 valence electrons. The van der Waals surface area contributed by atoms with Crippen LogP contribution >= 0.6 is 0 Å². The highest BCUT2D eigenvalue weighted by molar-refractivity contribution is 4.68. The molecule has 14 heavy (non-hydrogen) atoms. The molecular formula is C12H29NO. The van der Waals surface area contributed by atoms with Gasteiger partial charge in [-0.25, -0.2) is 0 Å². The Bertz CT molecular complexity index is 104. The van der Waals surface area contributed by atoms with Crippen LogP contribution < -0.4 is 0 Å². The Morgan fingerprint density at radius 1 is 1.07 bits per heavy atom. The summed E-state index contributed by atoms with van der Waals surface area (Å²) in [5.74, 6) is 0. The lowest BCUT2D eigenvalue weighted by Crippen LogP contribution is -2.41. The van der Waals surface area contributed by atoms with Crippen molar-refractivity contribution in [3.63, 3.8) is 0 Å². The standard InChI is InChI=1S/C10H23NO.C2H6/c1-6-11(9(3)4)10(5)8-12-7-2;1-2/h9-10H,6-8H2,1-5H3;1-2H3/t10-;/m1./s1. The SMILES string of the molecule is CC.CCOC[C@@H](C)N(CC)C(C)C. The Labute approximate surface area is 90.6 Å². The van der Waals surface area contributed by atoms with Crippen LogP contribution in [0.2, 0.25) is 0 Å². The Morgan fingerprint density at radius 3 is 1.86 bits per heavy atom. The smallest absolute Gasteiger partial charge is 0.0619 e. The minimum absolute atomic E-state index is 0.537. The van der Waals surface area contributed by atoms with E-state index in [1.807, 2.05) is 20.8 Å². The van der Waals surface area contributed by atoms with Gasteiger partial charge in [-0.05, 0) is 34.2 Å². The fraction of sp³-hybridized carbons (Fsp3) is 1.00. The lowest BCUT2D eigenvalue weighted by Gasteiger charge is -2.31. The first-order valence-corrected chi connectivity index (χ1v) is 5.96. The molecule has 0 amide bonds. The maximum atomic E-state index is 5.39. The molecule has 2 heteroatoms. The van der Waals surface area contributed by atoms with E-state index in [2.05, 4.69) is 32.6 Å². The van der Waals surface area contributed by atoms with Gasteiger partial charge in [-0.3, -0.25) is 4.90 Å². The molecule has 0 heterocycles. The second-order valence-electron chi connectivity index (χ2n) is 3.43. The van der Waals surface area contributed by atoms with Crippen LogP contribution in [0.4, 0.5) is 0 Å². The van der Waals surface area contributed by atoms with Crippen LogP contribution in [0, 0.1) is 0 Å². The monoisotopic (exact) mass is 203 g/mol. The van der Waals surface area contributed by atoms with Gasteiger partial charge in [0.1, 0.15) is 0 Å². The van der Waals surface area contributed by atoms with E-state index in [4.69, 9.17) is 4.74 Å². The fourth-order valence-electron chi connectivity index (χ4n) is 1.57. The fourth-order valence-corrected chi connectivity index (χ4v) is 1.57. The number of ether oxygens (including phenoxy) is 1. The van der Waals surface area contributed by atoms with Crippen LogP contribution in [0.15, 0.2) is 0 Å². The molecule has 0 rings (SSSR count). The maximum absolute atomic E-state index is 5.39. The molecule has 0 aliphatic heterocycles. The molecule has 0 saturated carbocycles. The lowest BCUT2D eigenvalue weighted by molar-refractivity contribution is 0.0613. The first-order chi connectivity index (χ1) is 6.63. The van der Waals surface area contributed by atoms with E-state index in [-0.39, 0.29) is 0 Å². The predicted molar refractivity (Wildman–Crippen MR) is 64.8 cm³/mol. The third-order valence-corrected chi connectivity index (χ3v) is 2.16. The molecule has 0 aromatic rings. The summed E-state index contributed by atoms with van der Waals surface area (Å²) in [5.41, 5.74) is 0. The topological polar surface area (TPSA) is 12.5 Å². The number of hydrogen-bond acceptors (Lipinski definition) is 2. The maximum Gasteiger partial charge on any atom is 0.0619 e. The first kappa shape index (κ1) is 16.4. The van der Waals surface area contributed by atoms with Crippen LogP contribution in [0.3, 0.4) is 0 Å². The van der Waals surface area contributed by atoms with Gasteiger partial charge in [0, 0.05) is 18.7 Å². The predicted octanol–water partition coefficient (Wildman–Crippen LogP) is 3.17. The highest BCUT2D eigenvalue weighted by Crippen LogP contribution is 2.04.